The number of hydroxylamine groups is 2. The number of aliphatic hydroxyl groups excluding tert-OH is 2. The fourth-order valence-corrected chi connectivity index (χ4v) is 4.17. The fourth-order valence-electron chi connectivity index (χ4n) is 2.24. The number of nitrogens with zero attached hydrogens (tertiary/aromatic N) is 1. The topological polar surface area (TPSA) is 141 Å². The largest absolute Gasteiger partial charge is 0.478 e. The van der Waals surface area contributed by atoms with E-state index in [2.05, 4.69) is 4.84 Å². The molecule has 3 rings (SSSR count). The smallest absolute Gasteiger partial charge is 0.363 e. The summed E-state index contributed by atoms with van der Waals surface area (Å²) in [6.45, 7) is 0. The highest BCUT2D eigenvalue weighted by atomic mass is 33.1. The molecule has 0 bridgehead atoms. The summed E-state index contributed by atoms with van der Waals surface area (Å²) in [6, 6.07) is 12.5. The highest BCUT2D eigenvalue weighted by Crippen LogP contribution is 2.37. The first-order valence-corrected chi connectivity index (χ1v) is 10.2. The molecule has 1 saturated heterocycles. The number of aliphatic hydroxyl groups is 2. The Morgan fingerprint density at radius 1 is 0.793 bits per heavy atom. The van der Waals surface area contributed by atoms with Gasteiger partial charge < -0.3 is 20.2 Å². The second-order valence-electron chi connectivity index (χ2n) is 5.76. The molecule has 29 heavy (non-hydrogen) atoms. The van der Waals surface area contributed by atoms with Gasteiger partial charge in [-0.2, -0.15) is 0 Å². The minimum Gasteiger partial charge on any atom is -0.478 e. The molecule has 0 aromatic heterocycles. The van der Waals surface area contributed by atoms with Crippen molar-refractivity contribution < 1.29 is 39.3 Å². The highest BCUT2D eigenvalue weighted by Gasteiger charge is 2.48. The molecule has 2 aromatic rings. The molecule has 2 unspecified atom stereocenters. The lowest BCUT2D eigenvalue weighted by Crippen LogP contribution is -2.34. The van der Waals surface area contributed by atoms with Crippen LogP contribution in [0.1, 0.15) is 20.7 Å². The molecule has 0 radical (unpaired) electrons. The van der Waals surface area contributed by atoms with Crippen LogP contribution >= 0.6 is 21.6 Å². The number of carboxylic acids is 1. The van der Waals surface area contributed by atoms with Crippen molar-refractivity contribution in [2.24, 2.45) is 0 Å². The maximum Gasteiger partial charge on any atom is 0.363 e. The van der Waals surface area contributed by atoms with Gasteiger partial charge in [0.05, 0.1) is 11.1 Å². The zero-order valence-corrected chi connectivity index (χ0v) is 16.1. The minimum absolute atomic E-state index is 0.0525. The number of carboxylic acid groups (broad SMARTS) is 1. The van der Waals surface area contributed by atoms with Crippen LogP contribution < -0.4 is 0 Å². The van der Waals surface area contributed by atoms with Crippen LogP contribution in [0, 0.1) is 0 Å². The van der Waals surface area contributed by atoms with E-state index in [0.29, 0.717) is 0 Å². The number of carbonyl (C=O) groups excluding carboxylic acids is 3. The summed E-state index contributed by atoms with van der Waals surface area (Å²) in [5.74, 6) is -4.43. The number of hydrogen-bond donors (Lipinski definition) is 3. The molecular weight excluding hydrogens is 422 g/mol. The third-order valence-corrected chi connectivity index (χ3v) is 6.22. The van der Waals surface area contributed by atoms with E-state index in [1.54, 1.807) is 24.3 Å². The Labute approximate surface area is 171 Å². The molecule has 150 valence electrons. The SMILES string of the molecule is O=C(O)c1ccc(SSc2ccc(C(=O)ON3C(=O)C(O)C(O)C3=O)cc2)cc1. The highest BCUT2D eigenvalue weighted by molar-refractivity contribution is 8.76. The first kappa shape index (κ1) is 20.9. The van der Waals surface area contributed by atoms with Crippen LogP contribution in [0.2, 0.25) is 0 Å². The molecule has 1 fully saturated rings. The summed E-state index contributed by atoms with van der Waals surface area (Å²) >= 11 is 0. The minimum atomic E-state index is -1.96. The van der Waals surface area contributed by atoms with Crippen molar-refractivity contribution in [2.45, 2.75) is 22.0 Å². The molecule has 2 amide bonds. The first-order valence-electron chi connectivity index (χ1n) is 8.02. The second kappa shape index (κ2) is 8.66. The normalized spacial score (nSPS) is 18.8. The van der Waals surface area contributed by atoms with E-state index < -0.39 is 36.0 Å². The molecule has 0 aliphatic carbocycles. The van der Waals surface area contributed by atoms with Crippen molar-refractivity contribution in [3.05, 3.63) is 59.7 Å². The number of aromatic carboxylic acids is 1. The van der Waals surface area contributed by atoms with Gasteiger partial charge in [-0.15, -0.1) is 0 Å². The van der Waals surface area contributed by atoms with Crippen molar-refractivity contribution in [3.63, 3.8) is 0 Å². The summed E-state index contributed by atoms with van der Waals surface area (Å²) in [7, 11) is 2.76. The molecule has 1 heterocycles. The molecule has 11 heteroatoms. The molecule has 2 atom stereocenters. The van der Waals surface area contributed by atoms with Gasteiger partial charge in [0, 0.05) is 9.79 Å². The number of carbonyl (C=O) groups is 4. The third-order valence-electron chi connectivity index (χ3n) is 3.81. The van der Waals surface area contributed by atoms with E-state index in [-0.39, 0.29) is 16.2 Å². The summed E-state index contributed by atoms with van der Waals surface area (Å²) in [4.78, 5) is 52.4. The molecule has 1 aliphatic rings. The van der Waals surface area contributed by atoms with Crippen LogP contribution in [0.25, 0.3) is 0 Å². The van der Waals surface area contributed by atoms with Crippen LogP contribution in [0.15, 0.2) is 58.3 Å². The maximum absolute atomic E-state index is 12.1. The molecule has 0 spiro atoms. The molecule has 3 N–H and O–H groups in total. The van der Waals surface area contributed by atoms with Gasteiger partial charge in [0.25, 0.3) is 11.8 Å². The van der Waals surface area contributed by atoms with E-state index in [0.717, 1.165) is 9.79 Å². The van der Waals surface area contributed by atoms with Crippen LogP contribution in [0.5, 0.6) is 0 Å². The van der Waals surface area contributed by atoms with E-state index in [9.17, 15) is 29.4 Å². The second-order valence-corrected chi connectivity index (χ2v) is 8.04. The number of imide groups is 1. The first-order chi connectivity index (χ1) is 13.8. The Morgan fingerprint density at radius 2 is 1.21 bits per heavy atom. The number of rotatable bonds is 6. The molecule has 9 nitrogen and oxygen atoms in total. The van der Waals surface area contributed by atoms with Gasteiger partial charge in [-0.05, 0) is 48.5 Å². The van der Waals surface area contributed by atoms with Crippen LogP contribution in [-0.4, -0.2) is 56.3 Å². The lowest BCUT2D eigenvalue weighted by Gasteiger charge is -2.12. The van der Waals surface area contributed by atoms with Crippen molar-refractivity contribution in [1.29, 1.82) is 0 Å². The Hall–Kier alpha value is -2.86. The van der Waals surface area contributed by atoms with Crippen molar-refractivity contribution in [1.82, 2.24) is 5.06 Å². The van der Waals surface area contributed by atoms with Gasteiger partial charge in [-0.3, -0.25) is 9.59 Å². The standard InChI is InChI=1S/C18H13NO8S2/c20-13-14(21)16(23)19(15(13)22)27-18(26)10-3-7-12(8-4-10)29-28-11-5-1-9(2-6-11)17(24)25/h1-8,13-14,20-21H,(H,24,25). The summed E-state index contributed by atoms with van der Waals surface area (Å²) in [6.07, 6.45) is -3.92. The van der Waals surface area contributed by atoms with Crippen LogP contribution in [0.4, 0.5) is 0 Å². The quantitative estimate of drug-likeness (QED) is 0.449. The number of hydrogen-bond acceptors (Lipinski definition) is 9. The van der Waals surface area contributed by atoms with Gasteiger partial charge in [0.2, 0.25) is 0 Å². The Morgan fingerprint density at radius 3 is 1.62 bits per heavy atom. The maximum atomic E-state index is 12.1. The molecular formula is C18H13NO8S2. The fraction of sp³-hybridized carbons (Fsp3) is 0.111. The van der Waals surface area contributed by atoms with E-state index >= 15 is 0 Å². The Bertz CT molecular complexity index is 941. The lowest BCUT2D eigenvalue weighted by atomic mass is 10.2. The van der Waals surface area contributed by atoms with Gasteiger partial charge in [-0.1, -0.05) is 26.7 Å². The predicted octanol–water partition coefficient (Wildman–Crippen LogP) is 1.35. The van der Waals surface area contributed by atoms with Crippen LogP contribution in [0.3, 0.4) is 0 Å². The Balaban J connectivity index is 1.58. The van der Waals surface area contributed by atoms with Crippen molar-refractivity contribution >= 4 is 45.3 Å². The summed E-state index contributed by atoms with van der Waals surface area (Å²) in [5.41, 5.74) is 0.249. The zero-order chi connectivity index (χ0) is 21.1. The number of amides is 2. The summed E-state index contributed by atoms with van der Waals surface area (Å²) in [5, 5.41) is 27.6. The average Bonchev–Trinajstić information content (AvgIpc) is 2.90. The van der Waals surface area contributed by atoms with Gasteiger partial charge >= 0.3 is 11.9 Å². The van der Waals surface area contributed by atoms with Crippen LogP contribution in [-0.2, 0) is 14.4 Å². The third kappa shape index (κ3) is 4.59. The zero-order valence-electron chi connectivity index (χ0n) is 14.4. The average molecular weight is 435 g/mol. The molecule has 1 aliphatic heterocycles. The predicted molar refractivity (Wildman–Crippen MR) is 101 cm³/mol. The molecule has 0 saturated carbocycles. The number of benzene rings is 2. The lowest BCUT2D eigenvalue weighted by molar-refractivity contribution is -0.176. The summed E-state index contributed by atoms with van der Waals surface area (Å²) < 4.78 is 0. The van der Waals surface area contributed by atoms with Gasteiger partial charge in [0.1, 0.15) is 0 Å². The monoisotopic (exact) mass is 435 g/mol. The molecule has 2 aromatic carbocycles. The van der Waals surface area contributed by atoms with Crippen molar-refractivity contribution in [2.75, 3.05) is 0 Å². The van der Waals surface area contributed by atoms with Crippen molar-refractivity contribution in [3.8, 4) is 0 Å². The Kier molecular flexibility index (Phi) is 6.23. The van der Waals surface area contributed by atoms with E-state index in [1.807, 2.05) is 0 Å². The van der Waals surface area contributed by atoms with E-state index in [4.69, 9.17) is 5.11 Å². The van der Waals surface area contributed by atoms with E-state index in [1.165, 1.54) is 45.9 Å². The van der Waals surface area contributed by atoms with Gasteiger partial charge in [0.15, 0.2) is 12.2 Å². The van der Waals surface area contributed by atoms with Gasteiger partial charge in [-0.25, -0.2) is 9.59 Å².